The van der Waals surface area contributed by atoms with Crippen LogP contribution in [0.25, 0.3) is 0 Å². The third kappa shape index (κ3) is 61.5. The van der Waals surface area contributed by atoms with Crippen molar-refractivity contribution in [3.05, 3.63) is 0 Å². The van der Waals surface area contributed by atoms with E-state index in [0.29, 0.717) is 58.2 Å². The van der Waals surface area contributed by atoms with Crippen LogP contribution in [0.5, 0.6) is 0 Å². The fraction of sp³-hybridized carbons (Fsp3) is 0.884. The van der Waals surface area contributed by atoms with Crippen molar-refractivity contribution >= 4 is 58.1 Å². The molecule has 2 atom stereocenters. The number of carbonyl (C=O) groups is 10. The van der Waals surface area contributed by atoms with Crippen molar-refractivity contribution in [1.29, 1.82) is 0 Å². The maximum atomic E-state index is 11.9. The lowest BCUT2D eigenvalue weighted by Gasteiger charge is -2.25. The minimum atomic E-state index is -0.561. The number of unbranched alkanes of at least 4 members (excludes halogenated alkanes) is 8. The number of aliphatic hydroxyl groups is 1. The average molecular weight is 1410 g/mol. The largest absolute Gasteiger partial charge is 0.444 e. The molecule has 13 nitrogen and oxygen atoms in total. The summed E-state index contributed by atoms with van der Waals surface area (Å²) < 4.78 is 5.15. The molecule has 0 unspecified atom stereocenters. The Morgan fingerprint density at radius 3 is 1.04 bits per heavy atom. The minimum Gasteiger partial charge on any atom is -0.444 e. The van der Waals surface area contributed by atoms with Crippen molar-refractivity contribution < 1.29 is 57.8 Å². The Morgan fingerprint density at radius 2 is 0.828 bits per heavy atom. The minimum absolute atomic E-state index is 0.0159. The summed E-state index contributed by atoms with van der Waals surface area (Å²) in [4.78, 5) is 113. The molecular formula is C86H167NO12. The van der Waals surface area contributed by atoms with Crippen LogP contribution in [0.1, 0.15) is 372 Å². The van der Waals surface area contributed by atoms with Crippen LogP contribution in [0.4, 0.5) is 4.79 Å². The van der Waals surface area contributed by atoms with Gasteiger partial charge in [-0.15, -0.1) is 0 Å². The molecule has 0 saturated heterocycles. The van der Waals surface area contributed by atoms with E-state index >= 15 is 0 Å². The SMILES string of the molecule is CC(C)C(=O)C(C)(C)C.CC(C)C(=O)C(C)(C)CO.CC(C)C(=O)C(C)C.CC(C)C(=O)C1(C)CC1.CC(C)C(=O)C1CCCCC1.CC(C)C(=O)[C@@H](C)C(C)C.CC(C)C(=O)[C@@H](NC(=O)OC(C)(C)C)C(C)C.CC(C)CC(=O)C(C)C.CCCCCCCCCCCC(=O)C(C)C. The lowest BCUT2D eigenvalue weighted by atomic mass is 9.83. The van der Waals surface area contributed by atoms with E-state index in [1.807, 2.05) is 180 Å². The predicted octanol–water partition coefficient (Wildman–Crippen LogP) is 22.8. The molecule has 0 bridgehead atoms. The molecule has 0 aliphatic heterocycles. The summed E-state index contributed by atoms with van der Waals surface area (Å²) >= 11 is 0. The summed E-state index contributed by atoms with van der Waals surface area (Å²) in [6.07, 6.45) is 21.3. The van der Waals surface area contributed by atoms with E-state index in [1.54, 1.807) is 34.6 Å². The molecule has 0 aromatic heterocycles. The molecular weight excluding hydrogens is 1240 g/mol. The van der Waals surface area contributed by atoms with Gasteiger partial charge in [-0.05, 0) is 70.6 Å². The average Bonchev–Trinajstić information content (AvgIpc) is 1.65. The van der Waals surface area contributed by atoms with E-state index in [9.17, 15) is 47.9 Å². The molecule has 2 aliphatic rings. The quantitative estimate of drug-likeness (QED) is 0.0621. The third-order valence-corrected chi connectivity index (χ3v) is 17.3. The second-order valence-corrected chi connectivity index (χ2v) is 35.4. The Hall–Kier alpha value is -3.74. The number of hydrogen-bond donors (Lipinski definition) is 2. The topological polar surface area (TPSA) is 212 Å². The summed E-state index contributed by atoms with van der Waals surface area (Å²) in [5, 5.41) is 11.4. The second kappa shape index (κ2) is 57.6. The Labute approximate surface area is 613 Å². The van der Waals surface area contributed by atoms with E-state index < -0.39 is 23.2 Å². The zero-order valence-electron chi connectivity index (χ0n) is 72.1. The molecule has 0 radical (unpaired) electrons. The first-order valence-electron chi connectivity index (χ1n) is 39.3. The number of ketones is 9. The standard InChI is InChI=1S/C15H30O.C13H25NO3.C10H18O.C9H18O.C8H16O2.C8H14O.2C8H16O.C7H14O/c1-4-5-6-7-8-9-10-11-12-13-15(16)14(2)3;1-8(2)10(11(15)9(3)4)14-12(16)17-13(5,6)7;1-8(2)10(11)9-6-4-3-5-7-9;1-6(2)8(5)9(10)7(3)4;1-6(2)7(10)8(3,4)5-9;1-6(2)7(9)8(3)4-5-8;1-6(2)7(9)8(3,4)5;1-6(2)5-8(9)7(3)4;1-5(2)7(8)6(3)4/h14H,4-13H2,1-3H3;8-10H,1-7H3,(H,14,16);8-9H,3-7H2,1-2H3;6-8H,1-5H3;6,9H,5H2,1-4H3;6H,4-5H2,1-3H3;6H,1-5H3;6-7H,5H2,1-4H3;5-6H,1-4H3/t;10-;;8-;;;;;/m.0.0...../s1. The normalized spacial score (nSPS) is 14.1. The van der Waals surface area contributed by atoms with E-state index in [4.69, 9.17) is 9.84 Å². The Morgan fingerprint density at radius 1 is 0.444 bits per heavy atom. The number of amides is 1. The number of alkyl carbamates (subject to hydrolysis) is 1. The van der Waals surface area contributed by atoms with Gasteiger partial charge in [-0.1, -0.05) is 306 Å². The first-order chi connectivity index (χ1) is 44.8. The smallest absolute Gasteiger partial charge is 0.408 e. The predicted molar refractivity (Wildman–Crippen MR) is 421 cm³/mol. The molecule has 2 saturated carbocycles. The second-order valence-electron chi connectivity index (χ2n) is 35.4. The molecule has 0 heterocycles. The van der Waals surface area contributed by atoms with Gasteiger partial charge in [0.15, 0.2) is 5.78 Å². The number of carbonyl (C=O) groups excluding carboxylic acids is 10. The Kier molecular flexibility index (Phi) is 63.3. The summed E-state index contributed by atoms with van der Waals surface area (Å²) in [5.74, 6) is 6.27. The highest BCUT2D eigenvalue weighted by molar-refractivity contribution is 5.90. The number of Topliss-reactive ketones (excluding diaryl/α,β-unsaturated/α-hetero) is 9. The summed E-state index contributed by atoms with van der Waals surface area (Å²) in [7, 11) is 0. The van der Waals surface area contributed by atoms with E-state index in [1.165, 1.54) is 70.6 Å². The van der Waals surface area contributed by atoms with Crippen LogP contribution in [0.3, 0.4) is 0 Å². The fourth-order valence-corrected chi connectivity index (χ4v) is 10.1. The number of hydrogen-bond acceptors (Lipinski definition) is 12. The van der Waals surface area contributed by atoms with Crippen molar-refractivity contribution in [1.82, 2.24) is 5.32 Å². The summed E-state index contributed by atoms with van der Waals surface area (Å²) in [6, 6.07) is -0.482. The van der Waals surface area contributed by atoms with Crippen LogP contribution in [-0.2, 0) is 47.9 Å². The zero-order chi connectivity index (χ0) is 79.9. The van der Waals surface area contributed by atoms with E-state index in [2.05, 4.69) is 46.9 Å². The molecule has 2 N–H and O–H groups in total. The van der Waals surface area contributed by atoms with Gasteiger partial charge in [0, 0.05) is 100 Å². The number of rotatable bonds is 31. The Balaban J connectivity index is -0.000000195. The van der Waals surface area contributed by atoms with Crippen molar-refractivity contribution in [2.24, 2.45) is 105 Å². The van der Waals surface area contributed by atoms with Crippen molar-refractivity contribution in [3.63, 3.8) is 0 Å². The molecule has 2 aliphatic carbocycles. The monoisotopic (exact) mass is 1410 g/mol. The van der Waals surface area contributed by atoms with Gasteiger partial charge in [0.2, 0.25) is 0 Å². The highest BCUT2D eigenvalue weighted by atomic mass is 16.6. The molecule has 2 fully saturated rings. The van der Waals surface area contributed by atoms with Gasteiger partial charge < -0.3 is 15.2 Å². The van der Waals surface area contributed by atoms with Crippen LogP contribution in [0.2, 0.25) is 0 Å². The van der Waals surface area contributed by atoms with Crippen LogP contribution >= 0.6 is 0 Å². The van der Waals surface area contributed by atoms with Gasteiger partial charge in [-0.25, -0.2) is 4.79 Å². The van der Waals surface area contributed by atoms with Crippen LogP contribution in [0.15, 0.2) is 0 Å². The van der Waals surface area contributed by atoms with Crippen molar-refractivity contribution in [2.75, 3.05) is 6.61 Å². The fourth-order valence-electron chi connectivity index (χ4n) is 10.1. The Bertz CT molecular complexity index is 2150. The van der Waals surface area contributed by atoms with Gasteiger partial charge in [0.25, 0.3) is 0 Å². The zero-order valence-corrected chi connectivity index (χ0v) is 72.1. The van der Waals surface area contributed by atoms with Gasteiger partial charge in [0.1, 0.15) is 51.9 Å². The lowest BCUT2D eigenvalue weighted by molar-refractivity contribution is -0.132. The van der Waals surface area contributed by atoms with Gasteiger partial charge in [-0.3, -0.25) is 43.2 Å². The highest BCUT2D eigenvalue weighted by Gasteiger charge is 2.45. The molecule has 588 valence electrons. The van der Waals surface area contributed by atoms with Crippen molar-refractivity contribution in [2.45, 2.75) is 383 Å². The maximum absolute atomic E-state index is 11.9. The number of nitrogens with one attached hydrogen (secondary N) is 1. The molecule has 0 spiro atoms. The van der Waals surface area contributed by atoms with Gasteiger partial charge >= 0.3 is 6.09 Å². The highest BCUT2D eigenvalue weighted by Crippen LogP contribution is 2.47. The number of aliphatic hydroxyl groups excluding tert-OH is 1. The van der Waals surface area contributed by atoms with E-state index in [0.717, 1.165) is 44.9 Å². The molecule has 13 heteroatoms. The van der Waals surface area contributed by atoms with Gasteiger partial charge in [-0.2, -0.15) is 0 Å². The maximum Gasteiger partial charge on any atom is 0.408 e. The molecule has 99 heavy (non-hydrogen) atoms. The van der Waals surface area contributed by atoms with E-state index in [-0.39, 0.29) is 100 Å². The van der Waals surface area contributed by atoms with Crippen LogP contribution < -0.4 is 5.32 Å². The lowest BCUT2D eigenvalue weighted by Crippen LogP contribution is -2.47. The van der Waals surface area contributed by atoms with Crippen LogP contribution in [-0.4, -0.2) is 81.5 Å². The van der Waals surface area contributed by atoms with Gasteiger partial charge in [0.05, 0.1) is 12.6 Å². The first kappa shape index (κ1) is 109. The number of ether oxygens (including phenoxy) is 1. The molecule has 0 aromatic rings. The van der Waals surface area contributed by atoms with Crippen LogP contribution in [0, 0.1) is 105 Å². The first-order valence-corrected chi connectivity index (χ1v) is 39.3. The summed E-state index contributed by atoms with van der Waals surface area (Å²) in [6.45, 7) is 71.9. The summed E-state index contributed by atoms with van der Waals surface area (Å²) in [5.41, 5.74) is -1.18. The molecule has 2 rings (SSSR count). The van der Waals surface area contributed by atoms with Crippen molar-refractivity contribution in [3.8, 4) is 0 Å². The molecule has 1 amide bonds. The third-order valence-electron chi connectivity index (χ3n) is 17.3. The molecule has 0 aromatic carbocycles.